The Morgan fingerprint density at radius 2 is 0.941 bits per heavy atom. The van der Waals surface area contributed by atoms with Gasteiger partial charge in [-0.25, -0.2) is 0 Å². The summed E-state index contributed by atoms with van der Waals surface area (Å²) in [6.07, 6.45) is 2.16. The standard InChI is InChI=1S/2C14H11.2CH3.2ClH.H2Si.Ti/c2*1-10-5-4-8-13-12-7-3-2-6-11(12)9-14(10)13;;;;;;/h2*2-4,6-8H,9H2,1H3;2*1H3;2*1H;1H2;. The predicted octanol–water partition coefficient (Wildman–Crippen LogP) is 6.57. The molecule has 6 rings (SSSR count). The summed E-state index contributed by atoms with van der Waals surface area (Å²) in [6, 6.07) is 27.7. The first-order chi connectivity index (χ1) is 15.2. The van der Waals surface area contributed by atoms with E-state index in [1.54, 1.807) is 30.0 Å². The van der Waals surface area contributed by atoms with Crippen LogP contribution in [0.25, 0.3) is 22.3 Å². The maximum atomic E-state index is 2.63. The van der Waals surface area contributed by atoms with E-state index in [-0.39, 0.29) is 24.8 Å². The Morgan fingerprint density at radius 1 is 0.559 bits per heavy atom. The minimum Gasteiger partial charge on any atom is -0.147 e. The summed E-state index contributed by atoms with van der Waals surface area (Å²) < 4.78 is 3.29. The van der Waals surface area contributed by atoms with Crippen LogP contribution in [0.5, 0.6) is 0 Å². The minimum absolute atomic E-state index is 0. The zero-order chi connectivity index (χ0) is 22.3. The van der Waals surface area contributed by atoms with E-state index >= 15 is 0 Å². The maximum absolute atomic E-state index is 3.16. The van der Waals surface area contributed by atoms with Gasteiger partial charge in [-0.2, -0.15) is 0 Å². The normalized spacial score (nSPS) is 13.2. The summed E-state index contributed by atoms with van der Waals surface area (Å²) in [5.74, 6) is 0. The second-order valence-corrected chi connectivity index (χ2v) is 29.7. The van der Waals surface area contributed by atoms with Crippen molar-refractivity contribution in [2.75, 3.05) is 0 Å². The van der Waals surface area contributed by atoms with E-state index in [2.05, 4.69) is 105 Å². The molecule has 0 heterocycles. The van der Waals surface area contributed by atoms with Crippen LogP contribution in [0.4, 0.5) is 0 Å². The Hall–Kier alpha value is -1.61. The van der Waals surface area contributed by atoms with Crippen molar-refractivity contribution >= 4 is 40.2 Å². The first-order valence-electron chi connectivity index (χ1n) is 11.7. The smallest absolute Gasteiger partial charge is 0.147 e. The molecule has 0 saturated carbocycles. The van der Waals surface area contributed by atoms with Crippen LogP contribution in [0.2, 0.25) is 10.5 Å². The van der Waals surface area contributed by atoms with Gasteiger partial charge in [0, 0.05) is 0 Å². The Bertz CT molecular complexity index is 1420. The van der Waals surface area contributed by atoms with Crippen molar-refractivity contribution in [2.24, 2.45) is 0 Å². The van der Waals surface area contributed by atoms with Crippen LogP contribution < -0.4 is 7.74 Å². The average Bonchev–Trinajstić information content (AvgIpc) is 3.33. The van der Waals surface area contributed by atoms with Crippen molar-refractivity contribution in [3.8, 4) is 22.3 Å². The van der Waals surface area contributed by atoms with E-state index in [1.807, 2.05) is 0 Å². The Morgan fingerprint density at radius 3 is 1.35 bits per heavy atom. The SMILES string of the molecule is Cc1[c]([Ti]([CH3])([CH3])(=[SiH2])[c]2ccc3c(c2C)Cc2ccccc2-3)ccc2c1Cc1ccccc1-2.Cl.Cl. The topological polar surface area (TPSA) is 0 Å². The summed E-state index contributed by atoms with van der Waals surface area (Å²) in [5, 5.41) is 5.26. The minimum atomic E-state index is -3.16. The third-order valence-corrected chi connectivity index (χ3v) is 18.5. The van der Waals surface area contributed by atoms with Crippen molar-refractivity contribution in [3.63, 3.8) is 0 Å². The molecule has 0 aromatic heterocycles. The fourth-order valence-corrected chi connectivity index (χ4v) is 16.4. The van der Waals surface area contributed by atoms with Gasteiger partial charge in [0.2, 0.25) is 0 Å². The van der Waals surface area contributed by atoms with Gasteiger partial charge in [-0.1, -0.05) is 0 Å². The molecule has 0 nitrogen and oxygen atoms in total. The molecule has 4 aromatic rings. The summed E-state index contributed by atoms with van der Waals surface area (Å²) in [5.41, 5.74) is 14.9. The Balaban J connectivity index is 0.00000137. The van der Waals surface area contributed by atoms with Gasteiger partial charge < -0.3 is 0 Å². The van der Waals surface area contributed by atoms with E-state index in [4.69, 9.17) is 0 Å². The van der Waals surface area contributed by atoms with Gasteiger partial charge in [0.25, 0.3) is 0 Å². The third-order valence-electron chi connectivity index (χ3n) is 8.27. The van der Waals surface area contributed by atoms with Gasteiger partial charge in [0.05, 0.1) is 0 Å². The van der Waals surface area contributed by atoms with Crippen LogP contribution in [-0.2, 0) is 26.9 Å². The molecule has 0 atom stereocenters. The zero-order valence-electron chi connectivity index (χ0n) is 20.4. The van der Waals surface area contributed by atoms with Gasteiger partial charge in [-0.15, -0.1) is 24.8 Å². The fraction of sp³-hybridized carbons (Fsp3) is 0.200. The molecule has 2 aliphatic carbocycles. The number of halogens is 2. The molecule has 0 spiro atoms. The van der Waals surface area contributed by atoms with E-state index in [1.165, 1.54) is 33.4 Å². The van der Waals surface area contributed by atoms with E-state index in [0.717, 1.165) is 12.8 Å². The Labute approximate surface area is 218 Å². The van der Waals surface area contributed by atoms with E-state index < -0.39 is 14.0 Å². The third kappa shape index (κ3) is 3.52. The molecule has 4 aromatic carbocycles. The molecule has 0 radical (unpaired) electrons. The van der Waals surface area contributed by atoms with Crippen molar-refractivity contribution < 1.29 is 14.0 Å². The molecule has 0 saturated heterocycles. The molecule has 0 bridgehead atoms. The van der Waals surface area contributed by atoms with Crippen LogP contribution in [0.1, 0.15) is 33.4 Å². The number of rotatable bonds is 2. The number of fused-ring (bicyclic) bond motifs is 6. The molecule has 0 N–H and O–H groups in total. The molecule has 0 unspecified atom stereocenters. The molecule has 174 valence electrons. The molecule has 2 aliphatic rings. The molecule has 0 amide bonds. The van der Waals surface area contributed by atoms with Gasteiger partial charge in [0.1, 0.15) is 0 Å². The van der Waals surface area contributed by atoms with Gasteiger partial charge in [-0.05, 0) is 0 Å². The second-order valence-electron chi connectivity index (χ2n) is 10.9. The molecular formula is C30H32Cl2SiTi. The van der Waals surface area contributed by atoms with Crippen molar-refractivity contribution in [3.05, 3.63) is 106 Å². The first kappa shape index (κ1) is 25.5. The zero-order valence-corrected chi connectivity index (χ0v) is 25.0. The number of benzene rings is 4. The van der Waals surface area contributed by atoms with Crippen LogP contribution in [0.3, 0.4) is 0 Å². The number of hydrogen-bond donors (Lipinski definition) is 0. The van der Waals surface area contributed by atoms with Crippen LogP contribution in [0, 0.1) is 13.8 Å². The van der Waals surface area contributed by atoms with Crippen molar-refractivity contribution in [1.29, 1.82) is 0 Å². The monoisotopic (exact) mass is 538 g/mol. The fourth-order valence-electron chi connectivity index (χ4n) is 6.61. The van der Waals surface area contributed by atoms with E-state index in [9.17, 15) is 0 Å². The average molecular weight is 539 g/mol. The van der Waals surface area contributed by atoms with Crippen LogP contribution >= 0.6 is 24.8 Å². The van der Waals surface area contributed by atoms with Crippen LogP contribution in [-0.4, -0.2) is 7.63 Å². The molecule has 0 aliphatic heterocycles. The molecule has 4 heteroatoms. The van der Waals surface area contributed by atoms with Crippen molar-refractivity contribution in [1.82, 2.24) is 0 Å². The van der Waals surface area contributed by atoms with E-state index in [0.29, 0.717) is 0 Å². The molecule has 0 fully saturated rings. The van der Waals surface area contributed by atoms with Gasteiger partial charge >= 0.3 is 195 Å². The van der Waals surface area contributed by atoms with Gasteiger partial charge in [0.15, 0.2) is 0 Å². The second kappa shape index (κ2) is 8.50. The van der Waals surface area contributed by atoms with Gasteiger partial charge in [-0.3, -0.25) is 0 Å². The van der Waals surface area contributed by atoms with Crippen molar-refractivity contribution in [2.45, 2.75) is 37.1 Å². The summed E-state index contributed by atoms with van der Waals surface area (Å²) >= 11 is -3.16. The summed E-state index contributed by atoms with van der Waals surface area (Å²) in [6.45, 7) is 4.78. The summed E-state index contributed by atoms with van der Waals surface area (Å²) in [7, 11) is 2.34. The quantitative estimate of drug-likeness (QED) is 0.218. The predicted molar refractivity (Wildman–Crippen MR) is 153 cm³/mol. The maximum Gasteiger partial charge on any atom is -0.147 e. The largest absolute Gasteiger partial charge is 0.147 e. The number of hydrogen-bond acceptors (Lipinski definition) is 0. The summed E-state index contributed by atoms with van der Waals surface area (Å²) in [4.78, 5) is 0. The van der Waals surface area contributed by atoms with Crippen LogP contribution in [0.15, 0.2) is 72.8 Å². The Kier molecular flexibility index (Phi) is 6.37. The molecule has 34 heavy (non-hydrogen) atoms. The first-order valence-corrected chi connectivity index (χ1v) is 20.4. The molecular weight excluding hydrogens is 507 g/mol.